The Bertz CT molecular complexity index is 1100. The summed E-state index contributed by atoms with van der Waals surface area (Å²) in [6.45, 7) is 0.384. The number of carbonyl (C=O) groups is 1. The molecule has 0 saturated carbocycles. The van der Waals surface area contributed by atoms with Gasteiger partial charge in [0, 0.05) is 26.0 Å². The summed E-state index contributed by atoms with van der Waals surface area (Å²) in [6, 6.07) is 13.5. The molecule has 0 atom stereocenters. The zero-order valence-corrected chi connectivity index (χ0v) is 15.8. The van der Waals surface area contributed by atoms with E-state index < -0.39 is 0 Å². The van der Waals surface area contributed by atoms with E-state index in [9.17, 15) is 9.18 Å². The number of hydrogen-bond donors (Lipinski definition) is 0. The summed E-state index contributed by atoms with van der Waals surface area (Å²) < 4.78 is 15.2. The Morgan fingerprint density at radius 2 is 2.11 bits per heavy atom. The van der Waals surface area contributed by atoms with Gasteiger partial charge in [0.2, 0.25) is 5.82 Å². The minimum absolute atomic E-state index is 0.0547. The first-order valence-corrected chi connectivity index (χ1v) is 9.41. The highest BCUT2D eigenvalue weighted by Gasteiger charge is 2.22. The van der Waals surface area contributed by atoms with Gasteiger partial charge in [0.15, 0.2) is 5.82 Å². The molecule has 0 saturated heterocycles. The van der Waals surface area contributed by atoms with E-state index in [1.807, 2.05) is 29.6 Å². The molecule has 0 radical (unpaired) electrons. The zero-order chi connectivity index (χ0) is 19.5. The molecule has 0 aliphatic rings. The summed E-state index contributed by atoms with van der Waals surface area (Å²) in [5.41, 5.74) is 1.41. The van der Waals surface area contributed by atoms with Crippen molar-refractivity contribution in [3.8, 4) is 16.4 Å². The standard InChI is InChI=1S/C20H16FN5OS/c1-25(13-14-5-3-9-22-12-14)20(27)18-23-19(17-8-4-10-28-17)26(24-18)16-7-2-6-15(21)11-16/h2-12H,13H2,1H3. The number of aromatic nitrogens is 4. The first-order chi connectivity index (χ1) is 13.6. The summed E-state index contributed by atoms with van der Waals surface area (Å²) in [7, 11) is 1.68. The maximum absolute atomic E-state index is 13.7. The van der Waals surface area contributed by atoms with Crippen LogP contribution in [-0.4, -0.2) is 37.6 Å². The van der Waals surface area contributed by atoms with E-state index in [2.05, 4.69) is 15.1 Å². The molecule has 0 unspecified atom stereocenters. The Labute approximate surface area is 164 Å². The van der Waals surface area contributed by atoms with E-state index in [1.54, 1.807) is 31.6 Å². The number of halogens is 1. The monoisotopic (exact) mass is 393 g/mol. The molecule has 4 rings (SSSR count). The van der Waals surface area contributed by atoms with Crippen molar-refractivity contribution in [2.24, 2.45) is 0 Å². The highest BCUT2D eigenvalue weighted by Crippen LogP contribution is 2.26. The molecule has 0 fully saturated rings. The third-order valence-electron chi connectivity index (χ3n) is 4.08. The van der Waals surface area contributed by atoms with Gasteiger partial charge in [0.05, 0.1) is 10.6 Å². The van der Waals surface area contributed by atoms with E-state index in [1.165, 1.54) is 33.1 Å². The number of carbonyl (C=O) groups excluding carboxylic acids is 1. The number of amides is 1. The van der Waals surface area contributed by atoms with Crippen molar-refractivity contribution < 1.29 is 9.18 Å². The van der Waals surface area contributed by atoms with Gasteiger partial charge in [-0.25, -0.2) is 14.1 Å². The van der Waals surface area contributed by atoms with Crippen LogP contribution in [-0.2, 0) is 6.54 Å². The maximum atomic E-state index is 13.7. The predicted octanol–water partition coefficient (Wildman–Crippen LogP) is 3.80. The van der Waals surface area contributed by atoms with Crippen LogP contribution in [0.2, 0.25) is 0 Å². The molecule has 1 amide bonds. The highest BCUT2D eigenvalue weighted by atomic mass is 32.1. The molecule has 8 heteroatoms. The predicted molar refractivity (Wildman–Crippen MR) is 105 cm³/mol. The Balaban J connectivity index is 1.70. The molecule has 1 aromatic carbocycles. The molecule has 28 heavy (non-hydrogen) atoms. The number of benzene rings is 1. The van der Waals surface area contributed by atoms with Gasteiger partial charge in [-0.1, -0.05) is 18.2 Å². The number of nitrogens with zero attached hydrogens (tertiary/aromatic N) is 5. The number of hydrogen-bond acceptors (Lipinski definition) is 5. The van der Waals surface area contributed by atoms with Crippen molar-refractivity contribution in [3.63, 3.8) is 0 Å². The summed E-state index contributed by atoms with van der Waals surface area (Å²) in [6.07, 6.45) is 3.39. The van der Waals surface area contributed by atoms with E-state index in [-0.39, 0.29) is 17.5 Å². The lowest BCUT2D eigenvalue weighted by Crippen LogP contribution is -2.27. The van der Waals surface area contributed by atoms with Crippen molar-refractivity contribution in [2.45, 2.75) is 6.54 Å². The Morgan fingerprint density at radius 3 is 2.82 bits per heavy atom. The van der Waals surface area contributed by atoms with Crippen LogP contribution in [0.1, 0.15) is 16.2 Å². The molecule has 0 aliphatic heterocycles. The van der Waals surface area contributed by atoms with Crippen LogP contribution in [0.4, 0.5) is 4.39 Å². The van der Waals surface area contributed by atoms with Crippen LogP contribution >= 0.6 is 11.3 Å². The minimum Gasteiger partial charge on any atom is -0.335 e. The van der Waals surface area contributed by atoms with Crippen molar-refractivity contribution in [2.75, 3.05) is 7.05 Å². The van der Waals surface area contributed by atoms with Gasteiger partial charge < -0.3 is 4.90 Å². The largest absolute Gasteiger partial charge is 0.335 e. The summed E-state index contributed by atoms with van der Waals surface area (Å²) >= 11 is 1.47. The fraction of sp³-hybridized carbons (Fsp3) is 0.100. The quantitative estimate of drug-likeness (QED) is 0.517. The number of pyridine rings is 1. The van der Waals surface area contributed by atoms with Gasteiger partial charge >= 0.3 is 0 Å². The molecule has 3 heterocycles. The van der Waals surface area contributed by atoms with Crippen LogP contribution in [0, 0.1) is 5.82 Å². The molecule has 3 aromatic heterocycles. The molecule has 4 aromatic rings. The van der Waals surface area contributed by atoms with Gasteiger partial charge in [-0.2, -0.15) is 0 Å². The van der Waals surface area contributed by atoms with Crippen molar-refractivity contribution >= 4 is 17.2 Å². The zero-order valence-electron chi connectivity index (χ0n) is 15.0. The van der Waals surface area contributed by atoms with Crippen molar-refractivity contribution in [1.29, 1.82) is 0 Å². The molecule has 6 nitrogen and oxygen atoms in total. The van der Waals surface area contributed by atoms with Crippen LogP contribution < -0.4 is 0 Å². The lowest BCUT2D eigenvalue weighted by molar-refractivity contribution is 0.0773. The SMILES string of the molecule is CN(Cc1cccnc1)C(=O)c1nc(-c2cccs2)n(-c2cccc(F)c2)n1. The second-order valence-corrected chi connectivity index (χ2v) is 7.10. The molecular weight excluding hydrogens is 377 g/mol. The van der Waals surface area contributed by atoms with Gasteiger partial charge in [-0.3, -0.25) is 9.78 Å². The van der Waals surface area contributed by atoms with E-state index in [0.717, 1.165) is 10.4 Å². The fourth-order valence-electron chi connectivity index (χ4n) is 2.76. The van der Waals surface area contributed by atoms with E-state index in [0.29, 0.717) is 18.1 Å². The molecule has 140 valence electrons. The van der Waals surface area contributed by atoms with Crippen molar-refractivity contribution in [3.05, 3.63) is 83.5 Å². The van der Waals surface area contributed by atoms with Crippen LogP contribution in [0.5, 0.6) is 0 Å². The first kappa shape index (κ1) is 18.0. The first-order valence-electron chi connectivity index (χ1n) is 8.53. The Hall–Kier alpha value is -3.39. The summed E-state index contributed by atoms with van der Waals surface area (Å²) in [4.78, 5) is 23.8. The minimum atomic E-state index is -0.383. The topological polar surface area (TPSA) is 63.9 Å². The van der Waals surface area contributed by atoms with E-state index >= 15 is 0 Å². The third kappa shape index (κ3) is 3.67. The Kier molecular flexibility index (Phi) is 4.94. The lowest BCUT2D eigenvalue weighted by Gasteiger charge is -2.14. The van der Waals surface area contributed by atoms with Crippen LogP contribution in [0.3, 0.4) is 0 Å². The smallest absolute Gasteiger partial charge is 0.293 e. The van der Waals surface area contributed by atoms with Crippen molar-refractivity contribution in [1.82, 2.24) is 24.6 Å². The molecule has 0 bridgehead atoms. The summed E-state index contributed by atoms with van der Waals surface area (Å²) in [5.74, 6) is -0.152. The average molecular weight is 393 g/mol. The van der Waals surface area contributed by atoms with E-state index in [4.69, 9.17) is 0 Å². The van der Waals surface area contributed by atoms with Gasteiger partial charge in [-0.05, 0) is 41.3 Å². The van der Waals surface area contributed by atoms with Gasteiger partial charge in [0.1, 0.15) is 5.82 Å². The third-order valence-corrected chi connectivity index (χ3v) is 4.95. The van der Waals surface area contributed by atoms with Crippen LogP contribution in [0.15, 0.2) is 66.3 Å². The second-order valence-electron chi connectivity index (χ2n) is 6.15. The fourth-order valence-corrected chi connectivity index (χ4v) is 3.46. The lowest BCUT2D eigenvalue weighted by atomic mass is 10.2. The second kappa shape index (κ2) is 7.69. The molecule has 0 aliphatic carbocycles. The molecular formula is C20H16FN5OS. The van der Waals surface area contributed by atoms with Gasteiger partial charge in [0.25, 0.3) is 5.91 Å². The number of thiophene rings is 1. The normalized spacial score (nSPS) is 10.8. The molecule has 0 spiro atoms. The average Bonchev–Trinajstić information content (AvgIpc) is 3.38. The number of rotatable bonds is 5. The maximum Gasteiger partial charge on any atom is 0.293 e. The highest BCUT2D eigenvalue weighted by molar-refractivity contribution is 7.13. The van der Waals surface area contributed by atoms with Crippen LogP contribution in [0.25, 0.3) is 16.4 Å². The van der Waals surface area contributed by atoms with Gasteiger partial charge in [-0.15, -0.1) is 16.4 Å². The molecule has 0 N–H and O–H groups in total. The Morgan fingerprint density at radius 1 is 1.21 bits per heavy atom. The summed E-state index contributed by atoms with van der Waals surface area (Å²) in [5, 5.41) is 6.29.